The summed E-state index contributed by atoms with van der Waals surface area (Å²) in [4.78, 5) is 21.6. The van der Waals surface area contributed by atoms with E-state index in [0.717, 1.165) is 26.3 Å². The van der Waals surface area contributed by atoms with E-state index < -0.39 is 0 Å². The maximum atomic E-state index is 11.0. The van der Waals surface area contributed by atoms with E-state index in [1.807, 2.05) is 13.8 Å². The van der Waals surface area contributed by atoms with Gasteiger partial charge in [-0.2, -0.15) is 0 Å². The summed E-state index contributed by atoms with van der Waals surface area (Å²) in [7, 11) is 0. The number of morpholine rings is 1. The van der Waals surface area contributed by atoms with Gasteiger partial charge >= 0.3 is 5.88 Å². The van der Waals surface area contributed by atoms with E-state index in [4.69, 9.17) is 4.74 Å². The number of nitrogens with one attached hydrogen (secondary N) is 3. The van der Waals surface area contributed by atoms with Gasteiger partial charge in [0.15, 0.2) is 5.27 Å². The van der Waals surface area contributed by atoms with E-state index >= 15 is 0 Å². The number of aromatic nitrogens is 2. The first-order chi connectivity index (χ1) is 11.6. The molecule has 1 saturated heterocycles. The first-order valence-corrected chi connectivity index (χ1v) is 8.50. The van der Waals surface area contributed by atoms with Crippen LogP contribution in [0.25, 0.3) is 0 Å². The number of Topliss-reactive ketones (excluding diaryl/α,β-unsaturated/α-hetero) is 1. The van der Waals surface area contributed by atoms with Crippen LogP contribution in [0, 0.1) is 0 Å². The van der Waals surface area contributed by atoms with Crippen LogP contribution in [-0.4, -0.2) is 43.3 Å². The SMILES string of the molecule is C1COCCN1.CC.CC(=O)CCC(=O)Nc1c[nH+]no1.CCC. The number of nitrogens with zero attached hydrogens (tertiary/aromatic N) is 1. The molecule has 1 aromatic heterocycles. The van der Waals surface area contributed by atoms with Crippen LogP contribution >= 0.6 is 0 Å². The molecule has 0 aliphatic carbocycles. The van der Waals surface area contributed by atoms with Gasteiger partial charge in [0.1, 0.15) is 5.78 Å². The maximum absolute atomic E-state index is 11.0. The molecule has 1 aliphatic heterocycles. The number of amides is 1. The fraction of sp³-hybridized carbons (Fsp3) is 0.750. The van der Waals surface area contributed by atoms with Gasteiger partial charge in [-0.1, -0.05) is 39.2 Å². The summed E-state index contributed by atoms with van der Waals surface area (Å²) < 4.78 is 9.60. The lowest BCUT2D eigenvalue weighted by atomic mass is 10.2. The fourth-order valence-electron chi connectivity index (χ4n) is 1.25. The molecule has 0 aromatic carbocycles. The molecule has 0 saturated carbocycles. The molecule has 24 heavy (non-hydrogen) atoms. The highest BCUT2D eigenvalue weighted by Crippen LogP contribution is 2.01. The number of rotatable bonds is 4. The van der Waals surface area contributed by atoms with Crippen molar-refractivity contribution < 1.29 is 23.9 Å². The number of carbonyl (C=O) groups excluding carboxylic acids is 2. The van der Waals surface area contributed by atoms with Crippen molar-refractivity contribution in [3.63, 3.8) is 0 Å². The Morgan fingerprint density at radius 2 is 1.83 bits per heavy atom. The molecule has 0 atom stereocenters. The molecule has 2 heterocycles. The Labute approximate surface area is 144 Å². The molecule has 140 valence electrons. The molecule has 0 bridgehead atoms. The first kappa shape index (κ1) is 24.5. The van der Waals surface area contributed by atoms with E-state index in [9.17, 15) is 9.59 Å². The van der Waals surface area contributed by atoms with Gasteiger partial charge in [-0.15, -0.1) is 0 Å². The van der Waals surface area contributed by atoms with Crippen LogP contribution in [0.5, 0.6) is 0 Å². The van der Waals surface area contributed by atoms with Gasteiger partial charge in [0, 0.05) is 25.9 Å². The van der Waals surface area contributed by atoms with Crippen molar-refractivity contribution in [3.8, 4) is 0 Å². The quantitative estimate of drug-likeness (QED) is 0.862. The summed E-state index contributed by atoms with van der Waals surface area (Å²) >= 11 is 0. The molecule has 1 amide bonds. The highest BCUT2D eigenvalue weighted by molar-refractivity contribution is 5.91. The van der Waals surface area contributed by atoms with Gasteiger partial charge in [0.2, 0.25) is 5.91 Å². The van der Waals surface area contributed by atoms with Crippen LogP contribution in [0.1, 0.15) is 53.9 Å². The number of ketones is 1. The predicted octanol–water partition coefficient (Wildman–Crippen LogP) is 1.85. The third-order valence-corrected chi connectivity index (χ3v) is 2.21. The van der Waals surface area contributed by atoms with Crippen LogP contribution in [0.4, 0.5) is 5.88 Å². The standard InChI is InChI=1S/C7H9N3O3.C4H9NO.C3H8.C2H6/c1-5(11)2-3-6(12)9-7-4-8-10-13-7;1-3-6-4-2-5-1;1-3-2;1-2/h4H,2-3H2,1H3,(H,9,12);5H,1-4H2;3H2,1-2H3;1-2H3/p+1. The van der Waals surface area contributed by atoms with E-state index in [-0.39, 0.29) is 30.4 Å². The fourth-order valence-corrected chi connectivity index (χ4v) is 1.25. The van der Waals surface area contributed by atoms with Crippen molar-refractivity contribution in [2.75, 3.05) is 31.6 Å². The van der Waals surface area contributed by atoms with Crippen molar-refractivity contribution in [2.45, 2.75) is 53.9 Å². The number of hydrogen-bond acceptors (Lipinski definition) is 6. The second-order valence-electron chi connectivity index (χ2n) is 4.64. The molecule has 1 fully saturated rings. The minimum atomic E-state index is -0.264. The number of aromatic amines is 1. The van der Waals surface area contributed by atoms with Gasteiger partial charge in [-0.05, 0) is 6.92 Å². The summed E-state index contributed by atoms with van der Waals surface area (Å²) in [5.41, 5.74) is 0. The molecule has 0 radical (unpaired) electrons. The Morgan fingerprint density at radius 1 is 1.25 bits per heavy atom. The molecule has 8 nitrogen and oxygen atoms in total. The van der Waals surface area contributed by atoms with E-state index in [1.54, 1.807) is 0 Å². The van der Waals surface area contributed by atoms with Crippen LogP contribution < -0.4 is 15.7 Å². The highest BCUT2D eigenvalue weighted by atomic mass is 16.5. The molecule has 1 aliphatic rings. The van der Waals surface area contributed by atoms with Crippen molar-refractivity contribution in [1.29, 1.82) is 0 Å². The van der Waals surface area contributed by atoms with Gasteiger partial charge in [-0.3, -0.25) is 14.6 Å². The summed E-state index contributed by atoms with van der Waals surface area (Å²) in [6, 6.07) is 0. The van der Waals surface area contributed by atoms with Crippen LogP contribution in [0.2, 0.25) is 0 Å². The molecule has 1 aromatic rings. The molecule has 8 heteroatoms. The van der Waals surface area contributed by atoms with Crippen molar-refractivity contribution in [2.24, 2.45) is 0 Å². The second-order valence-corrected chi connectivity index (χ2v) is 4.64. The Bertz CT molecular complexity index is 381. The van der Waals surface area contributed by atoms with Gasteiger partial charge in [-0.25, -0.2) is 0 Å². The summed E-state index contributed by atoms with van der Waals surface area (Å²) in [6.45, 7) is 13.5. The monoisotopic (exact) mass is 345 g/mol. The van der Waals surface area contributed by atoms with E-state index in [2.05, 4.69) is 39.4 Å². The van der Waals surface area contributed by atoms with E-state index in [1.165, 1.54) is 19.5 Å². The molecular weight excluding hydrogens is 312 g/mol. The molecule has 2 rings (SSSR count). The van der Waals surface area contributed by atoms with Crippen LogP contribution in [0.15, 0.2) is 10.7 Å². The predicted molar refractivity (Wildman–Crippen MR) is 92.6 cm³/mol. The topological polar surface area (TPSA) is 108 Å². The minimum Gasteiger partial charge on any atom is -0.379 e. The highest BCUT2D eigenvalue weighted by Gasteiger charge is 2.08. The van der Waals surface area contributed by atoms with Crippen molar-refractivity contribution >= 4 is 17.6 Å². The molecular formula is C16H33N4O4+. The Morgan fingerprint density at radius 3 is 2.17 bits per heavy atom. The zero-order valence-corrected chi connectivity index (χ0v) is 15.6. The number of carbonyl (C=O) groups is 2. The zero-order chi connectivity index (χ0) is 18.6. The Balaban J connectivity index is 0. The lowest BCUT2D eigenvalue weighted by Crippen LogP contribution is -2.30. The number of anilines is 1. The molecule has 3 N–H and O–H groups in total. The maximum Gasteiger partial charge on any atom is 0.302 e. The summed E-state index contributed by atoms with van der Waals surface area (Å²) in [5.74, 6) is -0.0341. The largest absolute Gasteiger partial charge is 0.379 e. The Kier molecular flexibility index (Phi) is 19.6. The van der Waals surface area contributed by atoms with Gasteiger partial charge in [0.25, 0.3) is 6.20 Å². The number of hydrogen-bond donors (Lipinski definition) is 2. The lowest BCUT2D eigenvalue weighted by molar-refractivity contribution is -0.471. The van der Waals surface area contributed by atoms with Crippen LogP contribution in [0.3, 0.4) is 0 Å². The van der Waals surface area contributed by atoms with Crippen molar-refractivity contribution in [3.05, 3.63) is 6.20 Å². The summed E-state index contributed by atoms with van der Waals surface area (Å²) in [6.07, 6.45) is 3.06. The van der Waals surface area contributed by atoms with Gasteiger partial charge in [0.05, 0.1) is 13.2 Å². The third kappa shape index (κ3) is 18.2. The average Bonchev–Trinajstić information content (AvgIpc) is 3.11. The minimum absolute atomic E-state index is 0.0146. The second kappa shape index (κ2) is 19.2. The number of H-pyrrole nitrogens is 1. The zero-order valence-electron chi connectivity index (χ0n) is 15.6. The molecule has 0 unspecified atom stereocenters. The van der Waals surface area contributed by atoms with Crippen molar-refractivity contribution in [1.82, 2.24) is 10.6 Å². The first-order valence-electron chi connectivity index (χ1n) is 8.50. The van der Waals surface area contributed by atoms with E-state index in [0.29, 0.717) is 0 Å². The molecule has 0 spiro atoms. The third-order valence-electron chi connectivity index (χ3n) is 2.21. The smallest absolute Gasteiger partial charge is 0.302 e. The average molecular weight is 345 g/mol. The summed E-state index contributed by atoms with van der Waals surface area (Å²) in [5, 5.41) is 11.3. The number of ether oxygens (including phenoxy) is 1. The van der Waals surface area contributed by atoms with Gasteiger partial charge < -0.3 is 14.8 Å². The Hall–Kier alpha value is -1.80. The normalized spacial score (nSPS) is 12.2. The van der Waals surface area contributed by atoms with Crippen LogP contribution in [-0.2, 0) is 14.3 Å². The lowest BCUT2D eigenvalue weighted by Gasteiger charge is -2.10.